The minimum absolute atomic E-state index is 0.858. The first kappa shape index (κ1) is 26.2. The van der Waals surface area contributed by atoms with Crippen LogP contribution >= 0.6 is 0 Å². The molecule has 0 fully saturated rings. The maximum Gasteiger partial charge on any atom is 0.144 e. The Hall–Kier alpha value is -6.19. The van der Waals surface area contributed by atoms with Gasteiger partial charge in [0.2, 0.25) is 0 Å². The van der Waals surface area contributed by atoms with Crippen molar-refractivity contribution in [2.75, 3.05) is 4.90 Å². The topological polar surface area (TPSA) is 29.3 Å². The lowest BCUT2D eigenvalue weighted by atomic mass is 9.97. The van der Waals surface area contributed by atoms with Gasteiger partial charge in [0.15, 0.2) is 0 Å². The van der Waals surface area contributed by atoms with Crippen LogP contribution in [0, 0.1) is 0 Å². The Morgan fingerprint density at radius 2 is 1.15 bits per heavy atom. The van der Waals surface area contributed by atoms with Crippen molar-refractivity contribution in [1.82, 2.24) is 4.98 Å². The number of hydrogen-bond donors (Lipinski definition) is 0. The summed E-state index contributed by atoms with van der Waals surface area (Å²) in [6.45, 7) is 0. The summed E-state index contributed by atoms with van der Waals surface area (Å²) >= 11 is 0. The maximum atomic E-state index is 6.44. The first-order chi connectivity index (χ1) is 22.8. The highest BCUT2D eigenvalue weighted by Gasteiger charge is 2.18. The van der Waals surface area contributed by atoms with Crippen molar-refractivity contribution < 1.29 is 4.42 Å². The van der Waals surface area contributed by atoms with Crippen molar-refractivity contribution in [2.24, 2.45) is 0 Å². The highest BCUT2D eigenvalue weighted by Crippen LogP contribution is 2.41. The van der Waals surface area contributed by atoms with E-state index in [1.54, 1.807) is 0 Å². The van der Waals surface area contributed by atoms with Crippen LogP contribution in [0.3, 0.4) is 0 Å². The van der Waals surface area contributed by atoms with Crippen LogP contribution in [-0.2, 0) is 0 Å². The molecule has 0 bridgehead atoms. The van der Waals surface area contributed by atoms with E-state index < -0.39 is 0 Å². The zero-order valence-corrected chi connectivity index (χ0v) is 25.0. The second-order valence-corrected chi connectivity index (χ2v) is 11.6. The molecule has 0 unspecified atom stereocenters. The normalized spacial score (nSPS) is 11.5. The number of rotatable bonds is 5. The molecule has 0 spiro atoms. The fourth-order valence-electron chi connectivity index (χ4n) is 6.66. The molecule has 0 amide bonds. The van der Waals surface area contributed by atoms with E-state index in [1.165, 1.54) is 27.5 Å². The van der Waals surface area contributed by atoms with Gasteiger partial charge in [-0.05, 0) is 81.6 Å². The van der Waals surface area contributed by atoms with Gasteiger partial charge in [-0.2, -0.15) is 0 Å². The van der Waals surface area contributed by atoms with Gasteiger partial charge in [0.05, 0.1) is 17.4 Å². The van der Waals surface area contributed by atoms with Gasteiger partial charge in [-0.15, -0.1) is 0 Å². The number of hydrogen-bond acceptors (Lipinski definition) is 3. The van der Waals surface area contributed by atoms with Crippen LogP contribution in [0.1, 0.15) is 0 Å². The van der Waals surface area contributed by atoms with Gasteiger partial charge >= 0.3 is 0 Å². The van der Waals surface area contributed by atoms with Crippen LogP contribution in [0.4, 0.5) is 17.1 Å². The number of fused-ring (bicyclic) bond motifs is 6. The lowest BCUT2D eigenvalue weighted by Crippen LogP contribution is -2.10. The van der Waals surface area contributed by atoms with Crippen LogP contribution in [0.15, 0.2) is 174 Å². The van der Waals surface area contributed by atoms with Crippen molar-refractivity contribution in [1.29, 1.82) is 0 Å². The van der Waals surface area contributed by atoms with Gasteiger partial charge in [-0.3, -0.25) is 4.98 Å². The number of anilines is 3. The zero-order chi connectivity index (χ0) is 30.5. The summed E-state index contributed by atoms with van der Waals surface area (Å²) in [5.74, 6) is 0. The molecule has 0 atom stereocenters. The smallest absolute Gasteiger partial charge is 0.144 e. The van der Waals surface area contributed by atoms with Crippen LogP contribution in [-0.4, -0.2) is 4.98 Å². The second-order valence-electron chi connectivity index (χ2n) is 11.6. The van der Waals surface area contributed by atoms with Gasteiger partial charge in [0.1, 0.15) is 11.2 Å². The molecular weight excluding hydrogens is 560 g/mol. The summed E-state index contributed by atoms with van der Waals surface area (Å²) in [6.07, 6.45) is 1.96. The van der Waals surface area contributed by atoms with Crippen molar-refractivity contribution in [3.05, 3.63) is 170 Å². The zero-order valence-electron chi connectivity index (χ0n) is 25.0. The first-order valence-corrected chi connectivity index (χ1v) is 15.5. The third kappa shape index (κ3) is 4.41. The molecule has 0 aliphatic rings. The number of furan rings is 1. The highest BCUT2D eigenvalue weighted by atomic mass is 16.3. The Morgan fingerprint density at radius 1 is 0.435 bits per heavy atom. The lowest BCUT2D eigenvalue weighted by Gasteiger charge is -2.26. The fourth-order valence-corrected chi connectivity index (χ4v) is 6.66. The molecule has 0 N–H and O–H groups in total. The summed E-state index contributed by atoms with van der Waals surface area (Å²) in [5.41, 5.74) is 10.4. The summed E-state index contributed by atoms with van der Waals surface area (Å²) in [6, 6.07) is 57.7. The van der Waals surface area contributed by atoms with Gasteiger partial charge in [-0.25, -0.2) is 0 Å². The maximum absolute atomic E-state index is 6.44. The molecule has 0 aliphatic carbocycles. The van der Waals surface area contributed by atoms with Crippen molar-refractivity contribution in [2.45, 2.75) is 0 Å². The van der Waals surface area contributed by atoms with E-state index in [0.29, 0.717) is 0 Å². The quantitative estimate of drug-likeness (QED) is 0.200. The number of nitrogens with zero attached hydrogens (tertiary/aromatic N) is 2. The highest BCUT2D eigenvalue weighted by molar-refractivity contribution is 6.14. The van der Waals surface area contributed by atoms with Gasteiger partial charge < -0.3 is 9.32 Å². The molecule has 7 aromatic carbocycles. The van der Waals surface area contributed by atoms with Gasteiger partial charge in [0, 0.05) is 27.5 Å². The van der Waals surface area contributed by atoms with Crippen LogP contribution in [0.2, 0.25) is 0 Å². The Morgan fingerprint density at radius 3 is 2.04 bits per heavy atom. The molecule has 3 nitrogen and oxygen atoms in total. The molecule has 9 aromatic rings. The average Bonchev–Trinajstić information content (AvgIpc) is 3.52. The molecule has 0 saturated carbocycles. The Balaban J connectivity index is 1.24. The number of para-hydroxylation sites is 1. The summed E-state index contributed by atoms with van der Waals surface area (Å²) in [5, 5.41) is 5.66. The number of benzene rings is 7. The molecule has 46 heavy (non-hydrogen) atoms. The minimum Gasteiger partial charge on any atom is -0.455 e. The van der Waals surface area contributed by atoms with Crippen LogP contribution in [0.5, 0.6) is 0 Å². The largest absolute Gasteiger partial charge is 0.455 e. The SMILES string of the molecule is c1ccc(-c2ccc(N(c3cccc(-c4cccc5ccccc45)c3)c3cnc4ccc5c6ccccc6oc5c4c3)cc2)cc1. The Labute approximate surface area is 266 Å². The summed E-state index contributed by atoms with van der Waals surface area (Å²) in [7, 11) is 0. The van der Waals surface area contributed by atoms with E-state index in [-0.39, 0.29) is 0 Å². The fraction of sp³-hybridized carbons (Fsp3) is 0. The standard InChI is InChI=1S/C43H28N2O/c1-2-10-29(11-3-1)30-20-22-33(23-21-30)45(34-15-8-14-32(26-34)37-18-9-13-31-12-4-5-16-36(31)37)35-27-40-41(44-28-35)25-24-39-38-17-6-7-19-42(38)46-43(39)40/h1-28H. The average molecular weight is 589 g/mol. The molecule has 9 rings (SSSR count). The molecule has 0 radical (unpaired) electrons. The predicted molar refractivity (Wildman–Crippen MR) is 192 cm³/mol. The molecule has 2 aromatic heterocycles. The van der Waals surface area contributed by atoms with E-state index in [2.05, 4.69) is 150 Å². The van der Waals surface area contributed by atoms with Crippen LogP contribution in [0.25, 0.3) is 65.9 Å². The lowest BCUT2D eigenvalue weighted by molar-refractivity contribution is 0.672. The van der Waals surface area contributed by atoms with E-state index >= 15 is 0 Å². The number of pyridine rings is 1. The van der Waals surface area contributed by atoms with Crippen molar-refractivity contribution >= 4 is 60.7 Å². The molecule has 0 saturated heterocycles. The first-order valence-electron chi connectivity index (χ1n) is 15.5. The van der Waals surface area contributed by atoms with E-state index in [9.17, 15) is 0 Å². The molecule has 216 valence electrons. The van der Waals surface area contributed by atoms with E-state index in [0.717, 1.165) is 55.5 Å². The summed E-state index contributed by atoms with van der Waals surface area (Å²) < 4.78 is 6.44. The molecular formula is C43H28N2O. The predicted octanol–water partition coefficient (Wildman–Crippen LogP) is 12.1. The van der Waals surface area contributed by atoms with E-state index in [4.69, 9.17) is 9.40 Å². The van der Waals surface area contributed by atoms with E-state index in [1.807, 2.05) is 24.4 Å². The van der Waals surface area contributed by atoms with Crippen molar-refractivity contribution in [3.63, 3.8) is 0 Å². The third-order valence-electron chi connectivity index (χ3n) is 8.89. The minimum atomic E-state index is 0.858. The molecule has 0 aliphatic heterocycles. The summed E-state index contributed by atoms with van der Waals surface area (Å²) in [4.78, 5) is 7.25. The molecule has 3 heteroatoms. The molecule has 2 heterocycles. The Bertz CT molecular complexity index is 2530. The third-order valence-corrected chi connectivity index (χ3v) is 8.89. The second kappa shape index (κ2) is 10.8. The monoisotopic (exact) mass is 588 g/mol. The van der Waals surface area contributed by atoms with Gasteiger partial charge in [-0.1, -0.05) is 115 Å². The number of aromatic nitrogens is 1. The Kier molecular flexibility index (Phi) is 6.14. The van der Waals surface area contributed by atoms with Gasteiger partial charge in [0.25, 0.3) is 0 Å². The van der Waals surface area contributed by atoms with Crippen molar-refractivity contribution in [3.8, 4) is 22.3 Å². The van der Waals surface area contributed by atoms with Crippen LogP contribution < -0.4 is 4.90 Å².